The van der Waals surface area contributed by atoms with Crippen molar-refractivity contribution in [3.05, 3.63) is 28.8 Å². The molecular weight excluding hydrogens is 338 g/mol. The number of phenols is 1. The summed E-state index contributed by atoms with van der Waals surface area (Å²) >= 11 is 5.67. The van der Waals surface area contributed by atoms with Gasteiger partial charge in [-0.3, -0.25) is 4.79 Å². The number of carbonyl (C=O) groups is 3. The van der Waals surface area contributed by atoms with Gasteiger partial charge in [-0.15, -0.1) is 0 Å². The number of nitrogens with one attached hydrogen (secondary N) is 1. The first-order valence-corrected chi connectivity index (χ1v) is 7.70. The normalized spacial score (nSPS) is 12.8. The molecule has 0 aromatic heterocycles. The van der Waals surface area contributed by atoms with E-state index >= 15 is 0 Å². The Hall–Kier alpha value is -2.28. The molecule has 1 amide bonds. The van der Waals surface area contributed by atoms with Crippen molar-refractivity contribution in [2.45, 2.75) is 26.3 Å². The van der Waals surface area contributed by atoms with E-state index in [4.69, 9.17) is 16.3 Å². The van der Waals surface area contributed by atoms with E-state index in [0.29, 0.717) is 6.42 Å². The van der Waals surface area contributed by atoms with Crippen molar-refractivity contribution in [1.29, 1.82) is 0 Å². The summed E-state index contributed by atoms with van der Waals surface area (Å²) in [7, 11) is 1.23. The highest BCUT2D eigenvalue weighted by Gasteiger charge is 2.27. The van der Waals surface area contributed by atoms with Gasteiger partial charge in [-0.1, -0.05) is 31.9 Å². The molecule has 1 aromatic carbocycles. The van der Waals surface area contributed by atoms with Crippen LogP contribution in [0.4, 0.5) is 0 Å². The standard InChI is InChI=1S/C16H20ClNO6/c1-4-9(2)14(16(22)23-3)18-13(20)8-24-15(21)11-6-5-10(17)7-12(11)19/h5-7,9,14,19H,4,8H2,1-3H3,(H,18,20)/t9-,14-/m0/s1. The first kappa shape index (κ1) is 19.8. The van der Waals surface area contributed by atoms with Gasteiger partial charge in [0.25, 0.3) is 5.91 Å². The summed E-state index contributed by atoms with van der Waals surface area (Å²) < 4.78 is 9.48. The minimum Gasteiger partial charge on any atom is -0.507 e. The number of hydrogen-bond donors (Lipinski definition) is 2. The third kappa shape index (κ3) is 5.42. The fourth-order valence-corrected chi connectivity index (χ4v) is 2.06. The van der Waals surface area contributed by atoms with Crippen LogP contribution < -0.4 is 5.32 Å². The van der Waals surface area contributed by atoms with Crippen LogP contribution in [0.2, 0.25) is 5.02 Å². The predicted octanol–water partition coefficient (Wildman–Crippen LogP) is 1.91. The number of rotatable bonds is 7. The van der Waals surface area contributed by atoms with Crippen molar-refractivity contribution in [3.8, 4) is 5.75 Å². The molecule has 7 nitrogen and oxygen atoms in total. The molecule has 0 aliphatic heterocycles. The second kappa shape index (κ2) is 9.12. The van der Waals surface area contributed by atoms with Gasteiger partial charge in [0.05, 0.1) is 7.11 Å². The Balaban J connectivity index is 2.64. The smallest absolute Gasteiger partial charge is 0.342 e. The van der Waals surface area contributed by atoms with Crippen molar-refractivity contribution in [2.75, 3.05) is 13.7 Å². The topological polar surface area (TPSA) is 102 Å². The van der Waals surface area contributed by atoms with E-state index in [1.807, 2.05) is 6.92 Å². The number of esters is 2. The van der Waals surface area contributed by atoms with Crippen molar-refractivity contribution in [2.24, 2.45) is 5.92 Å². The molecule has 2 atom stereocenters. The first-order chi connectivity index (χ1) is 11.3. The number of aromatic hydroxyl groups is 1. The Morgan fingerprint density at radius 3 is 2.54 bits per heavy atom. The first-order valence-electron chi connectivity index (χ1n) is 7.33. The molecule has 0 saturated heterocycles. The van der Waals surface area contributed by atoms with Crippen LogP contribution in [0.1, 0.15) is 30.6 Å². The maximum atomic E-state index is 11.9. The van der Waals surface area contributed by atoms with Gasteiger partial charge in [0.2, 0.25) is 0 Å². The van der Waals surface area contributed by atoms with Crippen LogP contribution in [0, 0.1) is 5.92 Å². The number of carbonyl (C=O) groups excluding carboxylic acids is 3. The van der Waals surface area contributed by atoms with E-state index in [1.54, 1.807) is 6.92 Å². The molecular formula is C16H20ClNO6. The fraction of sp³-hybridized carbons (Fsp3) is 0.438. The van der Waals surface area contributed by atoms with Gasteiger partial charge >= 0.3 is 11.9 Å². The molecule has 0 unspecified atom stereocenters. The highest BCUT2D eigenvalue weighted by Crippen LogP contribution is 2.22. The minimum absolute atomic E-state index is 0.112. The molecule has 0 heterocycles. The maximum Gasteiger partial charge on any atom is 0.342 e. The van der Waals surface area contributed by atoms with Crippen molar-refractivity contribution < 1.29 is 29.0 Å². The minimum atomic E-state index is -0.877. The monoisotopic (exact) mass is 357 g/mol. The summed E-state index contributed by atoms with van der Waals surface area (Å²) in [6.45, 7) is 3.07. The Morgan fingerprint density at radius 1 is 1.33 bits per heavy atom. The number of halogens is 1. The zero-order valence-electron chi connectivity index (χ0n) is 13.7. The van der Waals surface area contributed by atoms with Crippen LogP contribution in [0.5, 0.6) is 5.75 Å². The second-order valence-corrected chi connectivity index (χ2v) is 5.63. The van der Waals surface area contributed by atoms with Gasteiger partial charge in [-0.25, -0.2) is 9.59 Å². The lowest BCUT2D eigenvalue weighted by Crippen LogP contribution is -2.47. The summed E-state index contributed by atoms with van der Waals surface area (Å²) in [6.07, 6.45) is 0.651. The van der Waals surface area contributed by atoms with Crippen molar-refractivity contribution >= 4 is 29.4 Å². The van der Waals surface area contributed by atoms with Gasteiger partial charge in [-0.05, 0) is 24.1 Å². The summed E-state index contributed by atoms with van der Waals surface area (Å²) in [5.74, 6) is -2.58. The summed E-state index contributed by atoms with van der Waals surface area (Å²) in [5.41, 5.74) is -0.112. The zero-order valence-corrected chi connectivity index (χ0v) is 14.4. The Kier molecular flexibility index (Phi) is 7.51. The van der Waals surface area contributed by atoms with Gasteiger partial charge < -0.3 is 19.9 Å². The lowest BCUT2D eigenvalue weighted by Gasteiger charge is -2.21. The molecule has 1 rings (SSSR count). The number of amides is 1. The van der Waals surface area contributed by atoms with Gasteiger partial charge in [-0.2, -0.15) is 0 Å². The second-order valence-electron chi connectivity index (χ2n) is 5.19. The molecule has 0 spiro atoms. The highest BCUT2D eigenvalue weighted by molar-refractivity contribution is 6.30. The molecule has 2 N–H and O–H groups in total. The molecule has 8 heteroatoms. The summed E-state index contributed by atoms with van der Waals surface area (Å²) in [6, 6.07) is 3.06. The molecule has 132 valence electrons. The van der Waals surface area contributed by atoms with Gasteiger partial charge in [0.15, 0.2) is 6.61 Å². The molecule has 1 aromatic rings. The molecule has 0 bridgehead atoms. The van der Waals surface area contributed by atoms with E-state index in [9.17, 15) is 19.5 Å². The predicted molar refractivity (Wildman–Crippen MR) is 86.8 cm³/mol. The average Bonchev–Trinajstić information content (AvgIpc) is 2.56. The number of phenolic OH excluding ortho intramolecular Hbond substituents is 1. The Morgan fingerprint density at radius 2 is 2.00 bits per heavy atom. The average molecular weight is 358 g/mol. The quantitative estimate of drug-likeness (QED) is 0.723. The maximum absolute atomic E-state index is 11.9. The Bertz CT molecular complexity index is 619. The third-order valence-corrected chi connectivity index (χ3v) is 3.73. The SMILES string of the molecule is CC[C@H](C)[C@H](NC(=O)COC(=O)c1ccc(Cl)cc1O)C(=O)OC. The lowest BCUT2D eigenvalue weighted by molar-refractivity contribution is -0.147. The third-order valence-electron chi connectivity index (χ3n) is 3.50. The molecule has 0 radical (unpaired) electrons. The van der Waals surface area contributed by atoms with E-state index in [1.165, 1.54) is 25.3 Å². The van der Waals surface area contributed by atoms with E-state index in [-0.39, 0.29) is 22.3 Å². The molecule has 0 aliphatic rings. The summed E-state index contributed by atoms with van der Waals surface area (Å²) in [5, 5.41) is 12.4. The molecule has 0 fully saturated rings. The molecule has 24 heavy (non-hydrogen) atoms. The van der Waals surface area contributed by atoms with Crippen molar-refractivity contribution in [1.82, 2.24) is 5.32 Å². The van der Waals surface area contributed by atoms with E-state index < -0.39 is 30.5 Å². The van der Waals surface area contributed by atoms with Crippen molar-refractivity contribution in [3.63, 3.8) is 0 Å². The van der Waals surface area contributed by atoms with Crippen LogP contribution >= 0.6 is 11.6 Å². The number of ether oxygens (including phenoxy) is 2. The zero-order chi connectivity index (χ0) is 18.3. The Labute approximate surface area is 144 Å². The largest absolute Gasteiger partial charge is 0.507 e. The van der Waals surface area contributed by atoms with Crippen LogP contribution in [0.3, 0.4) is 0 Å². The number of methoxy groups -OCH3 is 1. The van der Waals surface area contributed by atoms with Crippen LogP contribution in [-0.4, -0.2) is 42.7 Å². The van der Waals surface area contributed by atoms with Gasteiger partial charge in [0.1, 0.15) is 17.4 Å². The summed E-state index contributed by atoms with van der Waals surface area (Å²) in [4.78, 5) is 35.4. The lowest BCUT2D eigenvalue weighted by atomic mass is 9.99. The van der Waals surface area contributed by atoms with Crippen LogP contribution in [0.25, 0.3) is 0 Å². The fourth-order valence-electron chi connectivity index (χ4n) is 1.90. The van der Waals surface area contributed by atoms with Crippen LogP contribution in [-0.2, 0) is 19.1 Å². The molecule has 0 aliphatic carbocycles. The number of hydrogen-bond acceptors (Lipinski definition) is 6. The van der Waals surface area contributed by atoms with E-state index in [2.05, 4.69) is 10.1 Å². The van der Waals surface area contributed by atoms with Gasteiger partial charge in [0, 0.05) is 5.02 Å². The highest BCUT2D eigenvalue weighted by atomic mass is 35.5. The van der Waals surface area contributed by atoms with Crippen LogP contribution in [0.15, 0.2) is 18.2 Å². The number of benzene rings is 1. The molecule has 0 saturated carbocycles. The van der Waals surface area contributed by atoms with E-state index in [0.717, 1.165) is 0 Å².